The van der Waals surface area contributed by atoms with Gasteiger partial charge >= 0.3 is 0 Å². The lowest BCUT2D eigenvalue weighted by Gasteiger charge is -2.19. The van der Waals surface area contributed by atoms with Crippen LogP contribution in [0, 0.1) is 0 Å². The largest absolute Gasteiger partial charge is 0.361 e. The van der Waals surface area contributed by atoms with Crippen LogP contribution in [0.25, 0.3) is 0 Å². The quantitative estimate of drug-likeness (QED) is 0.894. The highest BCUT2D eigenvalue weighted by Gasteiger charge is 2.14. The zero-order valence-corrected chi connectivity index (χ0v) is 14.4. The van der Waals surface area contributed by atoms with E-state index in [1.807, 2.05) is 33.1 Å². The van der Waals surface area contributed by atoms with Crippen LogP contribution in [0.5, 0.6) is 0 Å². The van der Waals surface area contributed by atoms with Gasteiger partial charge in [0.1, 0.15) is 5.69 Å². The third-order valence-electron chi connectivity index (χ3n) is 2.79. The molecule has 0 aliphatic heterocycles. The fraction of sp³-hybridized carbons (Fsp3) is 0.286. The van der Waals surface area contributed by atoms with Crippen LogP contribution in [0.1, 0.15) is 10.4 Å². The summed E-state index contributed by atoms with van der Waals surface area (Å²) in [5.41, 5.74) is 0.997. The van der Waals surface area contributed by atoms with Crippen molar-refractivity contribution in [1.82, 2.24) is 15.0 Å². The number of nitrogens with zero attached hydrogens (tertiary/aromatic N) is 5. The zero-order chi connectivity index (χ0) is 16.3. The van der Waals surface area contributed by atoms with Crippen molar-refractivity contribution >= 4 is 39.3 Å². The standard InChI is InChI=1S/C14H17BrN6O/c1-20(2)12-11(8-17-14(19-12)21(3)4)18-13(22)9-5-10(15)7-16-6-9/h5-8H,1-4H3,(H,18,22). The smallest absolute Gasteiger partial charge is 0.257 e. The number of hydrogen-bond acceptors (Lipinski definition) is 6. The molecule has 0 aromatic carbocycles. The number of anilines is 3. The Morgan fingerprint density at radius 2 is 1.86 bits per heavy atom. The highest BCUT2D eigenvalue weighted by Crippen LogP contribution is 2.23. The zero-order valence-electron chi connectivity index (χ0n) is 12.8. The van der Waals surface area contributed by atoms with E-state index in [-0.39, 0.29) is 5.91 Å². The van der Waals surface area contributed by atoms with Gasteiger partial charge in [0, 0.05) is 45.1 Å². The third kappa shape index (κ3) is 3.70. The molecule has 0 radical (unpaired) electrons. The maximum absolute atomic E-state index is 12.3. The Balaban J connectivity index is 2.30. The van der Waals surface area contributed by atoms with Gasteiger partial charge in [-0.1, -0.05) is 0 Å². The number of carbonyl (C=O) groups is 1. The summed E-state index contributed by atoms with van der Waals surface area (Å²) in [4.78, 5) is 28.6. The van der Waals surface area contributed by atoms with Gasteiger partial charge in [-0.25, -0.2) is 4.98 Å². The lowest BCUT2D eigenvalue weighted by molar-refractivity contribution is 0.102. The second-order valence-corrected chi connectivity index (χ2v) is 5.96. The van der Waals surface area contributed by atoms with E-state index in [9.17, 15) is 4.79 Å². The normalized spacial score (nSPS) is 10.2. The Bertz CT molecular complexity index is 689. The Kier molecular flexibility index (Phi) is 4.92. The second kappa shape index (κ2) is 6.69. The van der Waals surface area contributed by atoms with Gasteiger partial charge in [0.05, 0.1) is 11.8 Å². The predicted molar refractivity (Wildman–Crippen MR) is 90.6 cm³/mol. The number of amides is 1. The monoisotopic (exact) mass is 364 g/mol. The van der Waals surface area contributed by atoms with E-state index >= 15 is 0 Å². The van der Waals surface area contributed by atoms with Crippen LogP contribution in [-0.4, -0.2) is 49.0 Å². The minimum atomic E-state index is -0.266. The molecule has 0 spiro atoms. The van der Waals surface area contributed by atoms with Crippen molar-refractivity contribution in [2.24, 2.45) is 0 Å². The molecule has 0 saturated carbocycles. The summed E-state index contributed by atoms with van der Waals surface area (Å²) in [7, 11) is 7.44. The van der Waals surface area contributed by atoms with Gasteiger partial charge < -0.3 is 15.1 Å². The van der Waals surface area contributed by atoms with Crippen LogP contribution in [0.2, 0.25) is 0 Å². The van der Waals surface area contributed by atoms with E-state index in [2.05, 4.69) is 36.2 Å². The van der Waals surface area contributed by atoms with Crippen molar-refractivity contribution in [3.8, 4) is 0 Å². The van der Waals surface area contributed by atoms with E-state index in [4.69, 9.17) is 0 Å². The van der Waals surface area contributed by atoms with Crippen molar-refractivity contribution in [3.63, 3.8) is 0 Å². The molecule has 0 bridgehead atoms. The van der Waals surface area contributed by atoms with Gasteiger partial charge in [0.15, 0.2) is 5.82 Å². The van der Waals surface area contributed by atoms with Crippen LogP contribution in [0.4, 0.5) is 17.5 Å². The van der Waals surface area contributed by atoms with Crippen molar-refractivity contribution in [1.29, 1.82) is 0 Å². The first kappa shape index (κ1) is 16.2. The average Bonchev–Trinajstić information content (AvgIpc) is 2.47. The number of aromatic nitrogens is 3. The molecule has 2 aromatic rings. The first-order chi connectivity index (χ1) is 10.4. The van der Waals surface area contributed by atoms with E-state index in [1.165, 1.54) is 6.20 Å². The van der Waals surface area contributed by atoms with Crippen molar-refractivity contribution in [3.05, 3.63) is 34.7 Å². The molecule has 2 aromatic heterocycles. The first-order valence-electron chi connectivity index (χ1n) is 6.52. The molecule has 1 N–H and O–H groups in total. The fourth-order valence-corrected chi connectivity index (χ4v) is 2.10. The van der Waals surface area contributed by atoms with Crippen LogP contribution in [-0.2, 0) is 0 Å². The highest BCUT2D eigenvalue weighted by molar-refractivity contribution is 9.10. The number of pyridine rings is 1. The van der Waals surface area contributed by atoms with Crippen LogP contribution in [0.15, 0.2) is 29.1 Å². The molecule has 0 atom stereocenters. The number of rotatable bonds is 4. The molecular weight excluding hydrogens is 348 g/mol. The van der Waals surface area contributed by atoms with Gasteiger partial charge in [-0.3, -0.25) is 9.78 Å². The maximum Gasteiger partial charge on any atom is 0.257 e. The van der Waals surface area contributed by atoms with Gasteiger partial charge in [-0.05, 0) is 22.0 Å². The van der Waals surface area contributed by atoms with Crippen LogP contribution < -0.4 is 15.1 Å². The van der Waals surface area contributed by atoms with Crippen LogP contribution in [0.3, 0.4) is 0 Å². The summed E-state index contributed by atoms with van der Waals surface area (Å²) >= 11 is 3.30. The van der Waals surface area contributed by atoms with Crippen molar-refractivity contribution in [2.75, 3.05) is 43.3 Å². The van der Waals surface area contributed by atoms with Crippen molar-refractivity contribution in [2.45, 2.75) is 0 Å². The lowest BCUT2D eigenvalue weighted by Crippen LogP contribution is -2.21. The number of halogens is 1. The molecule has 2 rings (SSSR count). The molecule has 0 aliphatic rings. The Morgan fingerprint density at radius 3 is 2.45 bits per heavy atom. The average molecular weight is 365 g/mol. The molecule has 1 amide bonds. The molecule has 0 unspecified atom stereocenters. The Hall–Kier alpha value is -2.22. The molecule has 8 heteroatoms. The molecule has 7 nitrogen and oxygen atoms in total. The van der Waals surface area contributed by atoms with Crippen molar-refractivity contribution < 1.29 is 4.79 Å². The third-order valence-corrected chi connectivity index (χ3v) is 3.23. The molecular formula is C14H17BrN6O. The van der Waals surface area contributed by atoms with E-state index in [0.29, 0.717) is 23.0 Å². The predicted octanol–water partition coefficient (Wildman–Crippen LogP) is 2.02. The summed E-state index contributed by atoms with van der Waals surface area (Å²) < 4.78 is 0.743. The molecule has 2 heterocycles. The fourth-order valence-electron chi connectivity index (χ4n) is 1.74. The van der Waals surface area contributed by atoms with E-state index in [0.717, 1.165) is 4.47 Å². The first-order valence-corrected chi connectivity index (χ1v) is 7.31. The minimum absolute atomic E-state index is 0.266. The summed E-state index contributed by atoms with van der Waals surface area (Å²) in [5.74, 6) is 0.943. The molecule has 116 valence electrons. The number of nitrogens with one attached hydrogen (secondary N) is 1. The maximum atomic E-state index is 12.3. The van der Waals surface area contributed by atoms with Crippen LogP contribution >= 0.6 is 15.9 Å². The SMILES string of the molecule is CN(C)c1ncc(NC(=O)c2cncc(Br)c2)c(N(C)C)n1. The number of carbonyl (C=O) groups excluding carboxylic acids is 1. The Labute approximate surface area is 137 Å². The lowest BCUT2D eigenvalue weighted by atomic mass is 10.2. The van der Waals surface area contributed by atoms with Gasteiger partial charge in [-0.15, -0.1) is 0 Å². The second-order valence-electron chi connectivity index (χ2n) is 5.04. The minimum Gasteiger partial charge on any atom is -0.361 e. The van der Waals surface area contributed by atoms with Gasteiger partial charge in [0.25, 0.3) is 5.91 Å². The molecule has 22 heavy (non-hydrogen) atoms. The molecule has 0 saturated heterocycles. The molecule has 0 fully saturated rings. The highest BCUT2D eigenvalue weighted by atomic mass is 79.9. The summed E-state index contributed by atoms with van der Waals surface area (Å²) in [6.07, 6.45) is 4.72. The topological polar surface area (TPSA) is 74.2 Å². The summed E-state index contributed by atoms with van der Waals surface area (Å²) in [5, 5.41) is 2.82. The van der Waals surface area contributed by atoms with Gasteiger partial charge in [0.2, 0.25) is 5.95 Å². The number of hydrogen-bond donors (Lipinski definition) is 1. The Morgan fingerprint density at radius 1 is 1.14 bits per heavy atom. The molecule has 0 aliphatic carbocycles. The van der Waals surface area contributed by atoms with E-state index in [1.54, 1.807) is 23.4 Å². The van der Waals surface area contributed by atoms with Gasteiger partial charge in [-0.2, -0.15) is 4.98 Å². The summed E-state index contributed by atoms with van der Waals surface area (Å²) in [6.45, 7) is 0. The van der Waals surface area contributed by atoms with E-state index < -0.39 is 0 Å². The summed E-state index contributed by atoms with van der Waals surface area (Å²) in [6, 6.07) is 1.70.